The summed E-state index contributed by atoms with van der Waals surface area (Å²) in [6, 6.07) is 11.9. The van der Waals surface area contributed by atoms with Crippen LogP contribution in [0.1, 0.15) is 29.8 Å². The van der Waals surface area contributed by atoms with Crippen LogP contribution in [-0.4, -0.2) is 41.7 Å². The van der Waals surface area contributed by atoms with Crippen LogP contribution in [-0.2, 0) is 4.74 Å². The standard InChI is InChI=1S/C18H21IN2O2/c1-20(13-16-8-2-3-11-23-16)18(22)17-9-5-10-21(17)15-7-4-6-14(19)12-15/h4-7,9-10,12,16H,2-3,8,11,13H2,1H3. The highest BCUT2D eigenvalue weighted by molar-refractivity contribution is 14.1. The highest BCUT2D eigenvalue weighted by Gasteiger charge is 2.21. The number of ether oxygens (including phenoxy) is 1. The van der Waals surface area contributed by atoms with Gasteiger partial charge in [0.15, 0.2) is 0 Å². The molecule has 3 rings (SSSR count). The zero-order valence-corrected chi connectivity index (χ0v) is 15.4. The van der Waals surface area contributed by atoms with Gasteiger partial charge in [-0.2, -0.15) is 0 Å². The first-order chi connectivity index (χ1) is 11.1. The number of hydrogen-bond donors (Lipinski definition) is 0. The minimum Gasteiger partial charge on any atom is -0.376 e. The fraction of sp³-hybridized carbons (Fsp3) is 0.389. The van der Waals surface area contributed by atoms with Crippen molar-refractivity contribution in [1.82, 2.24) is 9.47 Å². The van der Waals surface area contributed by atoms with Crippen molar-refractivity contribution in [3.05, 3.63) is 51.9 Å². The molecule has 5 heteroatoms. The molecule has 1 unspecified atom stereocenters. The van der Waals surface area contributed by atoms with Crippen LogP contribution in [0.2, 0.25) is 0 Å². The van der Waals surface area contributed by atoms with Crippen molar-refractivity contribution in [1.29, 1.82) is 0 Å². The van der Waals surface area contributed by atoms with Gasteiger partial charge < -0.3 is 14.2 Å². The van der Waals surface area contributed by atoms with E-state index in [4.69, 9.17) is 4.74 Å². The molecule has 0 aliphatic carbocycles. The SMILES string of the molecule is CN(CC1CCCCO1)C(=O)c1cccn1-c1cccc(I)c1. The zero-order valence-electron chi connectivity index (χ0n) is 13.2. The second-order valence-corrected chi connectivity index (χ2v) is 7.16. The number of carbonyl (C=O) groups excluding carboxylic acids is 1. The molecular formula is C18H21IN2O2. The van der Waals surface area contributed by atoms with E-state index in [2.05, 4.69) is 28.7 Å². The molecule has 0 bridgehead atoms. The number of likely N-dealkylation sites (N-methyl/N-ethyl adjacent to an activating group) is 1. The van der Waals surface area contributed by atoms with Crippen LogP contribution >= 0.6 is 22.6 Å². The normalized spacial score (nSPS) is 17.9. The Morgan fingerprint density at radius 2 is 2.22 bits per heavy atom. The fourth-order valence-electron chi connectivity index (χ4n) is 2.94. The lowest BCUT2D eigenvalue weighted by Gasteiger charge is -2.27. The largest absolute Gasteiger partial charge is 0.376 e. The third-order valence-electron chi connectivity index (χ3n) is 4.15. The Morgan fingerprint density at radius 1 is 1.35 bits per heavy atom. The van der Waals surface area contributed by atoms with Crippen LogP contribution in [0.15, 0.2) is 42.6 Å². The maximum atomic E-state index is 12.8. The Kier molecular flexibility index (Phi) is 5.38. The van der Waals surface area contributed by atoms with Crippen molar-refractivity contribution in [2.45, 2.75) is 25.4 Å². The zero-order chi connectivity index (χ0) is 16.2. The van der Waals surface area contributed by atoms with E-state index in [0.717, 1.165) is 28.7 Å². The van der Waals surface area contributed by atoms with E-state index in [0.29, 0.717) is 12.2 Å². The molecule has 2 aromatic rings. The van der Waals surface area contributed by atoms with Gasteiger partial charge in [-0.15, -0.1) is 0 Å². The van der Waals surface area contributed by atoms with Gasteiger partial charge in [-0.3, -0.25) is 4.79 Å². The summed E-state index contributed by atoms with van der Waals surface area (Å²) >= 11 is 2.28. The highest BCUT2D eigenvalue weighted by Crippen LogP contribution is 2.18. The van der Waals surface area contributed by atoms with Crippen LogP contribution in [0.25, 0.3) is 5.69 Å². The first-order valence-electron chi connectivity index (χ1n) is 7.95. The molecule has 4 nitrogen and oxygen atoms in total. The van der Waals surface area contributed by atoms with Crippen molar-refractivity contribution < 1.29 is 9.53 Å². The van der Waals surface area contributed by atoms with E-state index in [-0.39, 0.29) is 12.0 Å². The Balaban J connectivity index is 1.76. The van der Waals surface area contributed by atoms with Crippen LogP contribution in [0.4, 0.5) is 0 Å². The predicted molar refractivity (Wildman–Crippen MR) is 99.0 cm³/mol. The van der Waals surface area contributed by atoms with E-state index < -0.39 is 0 Å². The number of carbonyl (C=O) groups is 1. The van der Waals surface area contributed by atoms with Crippen LogP contribution in [0, 0.1) is 3.57 Å². The smallest absolute Gasteiger partial charge is 0.270 e. The second-order valence-electron chi connectivity index (χ2n) is 5.92. The molecule has 1 aliphatic heterocycles. The summed E-state index contributed by atoms with van der Waals surface area (Å²) in [5.41, 5.74) is 1.69. The molecule has 1 amide bonds. The monoisotopic (exact) mass is 424 g/mol. The maximum absolute atomic E-state index is 12.8. The molecule has 0 saturated carbocycles. The minimum atomic E-state index is 0.0306. The minimum absolute atomic E-state index is 0.0306. The van der Waals surface area contributed by atoms with Crippen molar-refractivity contribution >= 4 is 28.5 Å². The highest BCUT2D eigenvalue weighted by atomic mass is 127. The van der Waals surface area contributed by atoms with E-state index in [1.54, 1.807) is 4.90 Å². The molecule has 1 aromatic carbocycles. The van der Waals surface area contributed by atoms with Crippen molar-refractivity contribution in [2.24, 2.45) is 0 Å². The van der Waals surface area contributed by atoms with E-state index in [9.17, 15) is 4.79 Å². The summed E-state index contributed by atoms with van der Waals surface area (Å²) in [5, 5.41) is 0. The molecular weight excluding hydrogens is 403 g/mol. The number of halogens is 1. The molecule has 1 aromatic heterocycles. The lowest BCUT2D eigenvalue weighted by atomic mass is 10.1. The molecule has 23 heavy (non-hydrogen) atoms. The van der Waals surface area contributed by atoms with E-state index in [1.165, 1.54) is 6.42 Å². The number of benzene rings is 1. The fourth-order valence-corrected chi connectivity index (χ4v) is 3.47. The van der Waals surface area contributed by atoms with Crippen molar-refractivity contribution in [2.75, 3.05) is 20.2 Å². The number of aromatic nitrogens is 1. The molecule has 1 aliphatic rings. The summed E-state index contributed by atoms with van der Waals surface area (Å²) in [7, 11) is 1.85. The lowest BCUT2D eigenvalue weighted by Crippen LogP contribution is -2.37. The number of amides is 1. The third-order valence-corrected chi connectivity index (χ3v) is 4.82. The molecule has 0 N–H and O–H groups in total. The summed E-state index contributed by atoms with van der Waals surface area (Å²) in [4.78, 5) is 14.6. The third kappa shape index (κ3) is 3.95. The average Bonchev–Trinajstić information content (AvgIpc) is 3.04. The lowest BCUT2D eigenvalue weighted by molar-refractivity contribution is -0.000326. The van der Waals surface area contributed by atoms with Gasteiger partial charge in [0.2, 0.25) is 0 Å². The Morgan fingerprint density at radius 3 is 2.96 bits per heavy atom. The van der Waals surface area contributed by atoms with Gasteiger partial charge in [0.1, 0.15) is 5.69 Å². The van der Waals surface area contributed by atoms with Crippen LogP contribution in [0.3, 0.4) is 0 Å². The number of nitrogens with zero attached hydrogens (tertiary/aromatic N) is 2. The number of hydrogen-bond acceptors (Lipinski definition) is 2. The average molecular weight is 424 g/mol. The van der Waals surface area contributed by atoms with Gasteiger partial charge in [-0.05, 0) is 72.2 Å². The molecule has 1 saturated heterocycles. The molecule has 2 heterocycles. The topological polar surface area (TPSA) is 34.5 Å². The van der Waals surface area contributed by atoms with Crippen LogP contribution in [0.5, 0.6) is 0 Å². The van der Waals surface area contributed by atoms with Crippen molar-refractivity contribution in [3.8, 4) is 5.69 Å². The first kappa shape index (κ1) is 16.5. The molecule has 0 radical (unpaired) electrons. The Hall–Kier alpha value is -1.34. The summed E-state index contributed by atoms with van der Waals surface area (Å²) < 4.78 is 8.84. The second kappa shape index (κ2) is 7.49. The Bertz CT molecular complexity index is 677. The van der Waals surface area contributed by atoms with Gasteiger partial charge in [0, 0.05) is 35.7 Å². The molecule has 1 atom stereocenters. The van der Waals surface area contributed by atoms with E-state index in [1.807, 2.05) is 48.1 Å². The summed E-state index contributed by atoms with van der Waals surface area (Å²) in [6.45, 7) is 1.46. The predicted octanol–water partition coefficient (Wildman–Crippen LogP) is 3.72. The van der Waals surface area contributed by atoms with Gasteiger partial charge in [-0.1, -0.05) is 6.07 Å². The van der Waals surface area contributed by atoms with Gasteiger partial charge in [0.05, 0.1) is 6.10 Å². The molecule has 122 valence electrons. The molecule has 1 fully saturated rings. The molecule has 0 spiro atoms. The Labute approximate surface area is 150 Å². The van der Waals surface area contributed by atoms with Gasteiger partial charge in [-0.25, -0.2) is 0 Å². The maximum Gasteiger partial charge on any atom is 0.270 e. The van der Waals surface area contributed by atoms with Crippen LogP contribution < -0.4 is 0 Å². The van der Waals surface area contributed by atoms with Crippen molar-refractivity contribution in [3.63, 3.8) is 0 Å². The quantitative estimate of drug-likeness (QED) is 0.702. The first-order valence-corrected chi connectivity index (χ1v) is 9.03. The number of rotatable bonds is 4. The summed E-state index contributed by atoms with van der Waals surface area (Å²) in [5.74, 6) is 0.0306. The van der Waals surface area contributed by atoms with Gasteiger partial charge >= 0.3 is 0 Å². The summed E-state index contributed by atoms with van der Waals surface area (Å²) in [6.07, 6.45) is 5.45. The van der Waals surface area contributed by atoms with E-state index >= 15 is 0 Å². The van der Waals surface area contributed by atoms with Gasteiger partial charge in [0.25, 0.3) is 5.91 Å².